The molecule has 1 aromatic heterocycles. The third-order valence-electron chi connectivity index (χ3n) is 8.31. The number of hydrogen-bond acceptors (Lipinski definition) is 6. The van der Waals surface area contributed by atoms with Crippen molar-refractivity contribution in [1.29, 1.82) is 0 Å². The number of nitrogens with one attached hydrogen (secondary N) is 1. The number of aliphatic hydroxyl groups is 1. The number of carboxylic acid groups (broad SMARTS) is 1. The molecule has 44 heavy (non-hydrogen) atoms. The molecule has 1 aliphatic rings. The fourth-order valence-corrected chi connectivity index (χ4v) is 5.97. The van der Waals surface area contributed by atoms with Crippen LogP contribution in [-0.2, 0) is 17.8 Å². The first-order valence-corrected chi connectivity index (χ1v) is 15.5. The summed E-state index contributed by atoms with van der Waals surface area (Å²) >= 11 is 0. The number of amides is 2. The summed E-state index contributed by atoms with van der Waals surface area (Å²) in [7, 11) is 0. The molecule has 0 radical (unpaired) electrons. The molecule has 1 heterocycles. The number of unbranched alkanes of at least 4 members (excludes halogenated alkanes) is 4. The first-order valence-electron chi connectivity index (χ1n) is 15.5. The highest BCUT2D eigenvalue weighted by atomic mass is 16.5. The maximum atomic E-state index is 13.4. The van der Waals surface area contributed by atoms with Crippen molar-refractivity contribution in [1.82, 2.24) is 20.4 Å². The highest BCUT2D eigenvalue weighted by molar-refractivity contribution is 5.86. The zero-order valence-electron chi connectivity index (χ0n) is 25.1. The van der Waals surface area contributed by atoms with Gasteiger partial charge in [-0.05, 0) is 34.2 Å². The molecule has 1 aliphatic carbocycles. The number of rotatable bonds is 15. The molecule has 9 nitrogen and oxygen atoms in total. The molecule has 1 atom stereocenters. The van der Waals surface area contributed by atoms with Crippen molar-refractivity contribution in [3.05, 3.63) is 95.4 Å². The number of carbonyl (C=O) groups is 2. The minimum atomic E-state index is -1.20. The van der Waals surface area contributed by atoms with Crippen molar-refractivity contribution in [2.75, 3.05) is 13.2 Å². The lowest BCUT2D eigenvalue weighted by atomic mass is 9.95. The van der Waals surface area contributed by atoms with Gasteiger partial charge in [0.25, 0.3) is 0 Å². The van der Waals surface area contributed by atoms with Crippen LogP contribution in [0, 0.1) is 0 Å². The zero-order valence-corrected chi connectivity index (χ0v) is 25.1. The Morgan fingerprint density at radius 1 is 0.932 bits per heavy atom. The van der Waals surface area contributed by atoms with Crippen molar-refractivity contribution in [3.8, 4) is 22.5 Å². The minimum Gasteiger partial charge on any atom is -0.465 e. The molecule has 0 saturated heterocycles. The number of aliphatic hydroxyl groups excluding tert-OH is 1. The average Bonchev–Trinajstić information content (AvgIpc) is 3.64. The molecule has 2 amide bonds. The fraction of sp³-hybridized carbons (Fsp3) is 0.371. The number of aryl methyl sites for hydroxylation is 1. The molecule has 5 rings (SSSR count). The van der Waals surface area contributed by atoms with Crippen LogP contribution in [0.2, 0.25) is 0 Å². The normalized spacial score (nSPS) is 12.9. The summed E-state index contributed by atoms with van der Waals surface area (Å²) in [5.74, 6) is 0.494. The molecule has 0 spiro atoms. The lowest BCUT2D eigenvalue weighted by Crippen LogP contribution is -2.50. The van der Waals surface area contributed by atoms with Gasteiger partial charge in [0.15, 0.2) is 0 Å². The predicted molar refractivity (Wildman–Crippen MR) is 168 cm³/mol. The standard InChI is InChI=1S/C35H40N4O5/c1-2-3-4-5-6-15-32-37-33(38-44-32)25-18-16-24(17-19-25)22-36-34(41)31(20-21-40)39(35(42)43)23-30-28-13-9-7-11-26(28)27-12-8-10-14-29(27)30/h7-14,16-19,30-31,40H,2-6,15,20-23H2,1H3,(H,36,41)(H,42,43). The van der Waals surface area contributed by atoms with Crippen LogP contribution in [0.1, 0.15) is 73.9 Å². The first-order chi connectivity index (χ1) is 21.5. The quantitative estimate of drug-likeness (QED) is 0.135. The van der Waals surface area contributed by atoms with E-state index in [9.17, 15) is 19.8 Å². The van der Waals surface area contributed by atoms with Crippen molar-refractivity contribution in [2.24, 2.45) is 0 Å². The van der Waals surface area contributed by atoms with Crippen LogP contribution in [0.4, 0.5) is 4.79 Å². The van der Waals surface area contributed by atoms with Crippen LogP contribution in [0.15, 0.2) is 77.3 Å². The Hall–Kier alpha value is -4.50. The number of nitrogens with zero attached hydrogens (tertiary/aromatic N) is 3. The van der Waals surface area contributed by atoms with Gasteiger partial charge in [-0.15, -0.1) is 0 Å². The lowest BCUT2D eigenvalue weighted by molar-refractivity contribution is -0.126. The van der Waals surface area contributed by atoms with Gasteiger partial charge in [-0.2, -0.15) is 4.98 Å². The van der Waals surface area contributed by atoms with Gasteiger partial charge in [0.2, 0.25) is 17.6 Å². The van der Waals surface area contributed by atoms with Gasteiger partial charge in [-0.1, -0.05) is 111 Å². The van der Waals surface area contributed by atoms with Crippen LogP contribution in [0.5, 0.6) is 0 Å². The van der Waals surface area contributed by atoms with Gasteiger partial charge < -0.3 is 20.1 Å². The average molecular weight is 597 g/mol. The fourth-order valence-electron chi connectivity index (χ4n) is 5.97. The summed E-state index contributed by atoms with van der Waals surface area (Å²) in [6.07, 6.45) is 5.40. The molecule has 3 aromatic carbocycles. The van der Waals surface area contributed by atoms with E-state index >= 15 is 0 Å². The molecule has 9 heteroatoms. The van der Waals surface area contributed by atoms with E-state index in [-0.39, 0.29) is 32.0 Å². The van der Waals surface area contributed by atoms with E-state index < -0.39 is 18.0 Å². The van der Waals surface area contributed by atoms with Crippen molar-refractivity contribution < 1.29 is 24.3 Å². The highest BCUT2D eigenvalue weighted by Gasteiger charge is 2.36. The summed E-state index contributed by atoms with van der Waals surface area (Å²) < 4.78 is 5.42. The molecule has 3 N–H and O–H groups in total. The highest BCUT2D eigenvalue weighted by Crippen LogP contribution is 2.45. The SMILES string of the molecule is CCCCCCCc1nc(-c2ccc(CNC(=O)C(CCO)N(CC3c4ccccc4-c4ccccc43)C(=O)O)cc2)no1. The Kier molecular flexibility index (Phi) is 10.4. The van der Waals surface area contributed by atoms with E-state index in [1.807, 2.05) is 72.8 Å². The van der Waals surface area contributed by atoms with Crippen molar-refractivity contribution in [2.45, 2.75) is 70.4 Å². The van der Waals surface area contributed by atoms with E-state index in [1.54, 1.807) is 0 Å². The van der Waals surface area contributed by atoms with Crippen LogP contribution < -0.4 is 5.32 Å². The first kappa shape index (κ1) is 30.9. The number of carbonyl (C=O) groups excluding carboxylic acids is 1. The number of benzene rings is 3. The minimum absolute atomic E-state index is 0.00809. The molecule has 0 saturated carbocycles. The van der Waals surface area contributed by atoms with Crippen LogP contribution >= 0.6 is 0 Å². The van der Waals surface area contributed by atoms with Gasteiger partial charge in [0.05, 0.1) is 0 Å². The number of aromatic nitrogens is 2. The topological polar surface area (TPSA) is 129 Å². The third-order valence-corrected chi connectivity index (χ3v) is 8.31. The maximum Gasteiger partial charge on any atom is 0.408 e. The van der Waals surface area contributed by atoms with Crippen molar-refractivity contribution >= 4 is 12.0 Å². The Labute approximate surface area is 257 Å². The molecular weight excluding hydrogens is 556 g/mol. The van der Waals surface area contributed by atoms with E-state index in [2.05, 4.69) is 22.4 Å². The largest absolute Gasteiger partial charge is 0.465 e. The second-order valence-corrected chi connectivity index (χ2v) is 11.3. The molecule has 0 aliphatic heterocycles. The Balaban J connectivity index is 1.22. The van der Waals surface area contributed by atoms with Gasteiger partial charge in [0, 0.05) is 44.0 Å². The molecule has 230 valence electrons. The van der Waals surface area contributed by atoms with E-state index in [1.165, 1.54) is 19.3 Å². The van der Waals surface area contributed by atoms with Crippen molar-refractivity contribution in [3.63, 3.8) is 0 Å². The van der Waals surface area contributed by atoms with Crippen LogP contribution in [0.3, 0.4) is 0 Å². The maximum absolute atomic E-state index is 13.4. The summed E-state index contributed by atoms with van der Waals surface area (Å²) in [6.45, 7) is 2.18. The zero-order chi connectivity index (χ0) is 30.9. The van der Waals surface area contributed by atoms with Gasteiger partial charge in [0.1, 0.15) is 6.04 Å². The monoisotopic (exact) mass is 596 g/mol. The van der Waals surface area contributed by atoms with Gasteiger partial charge in [-0.3, -0.25) is 9.69 Å². The lowest BCUT2D eigenvalue weighted by Gasteiger charge is -2.31. The smallest absolute Gasteiger partial charge is 0.408 e. The predicted octanol–water partition coefficient (Wildman–Crippen LogP) is 6.41. The van der Waals surface area contributed by atoms with E-state index in [0.29, 0.717) is 11.7 Å². The summed E-state index contributed by atoms with van der Waals surface area (Å²) in [5.41, 5.74) is 5.86. The molecular formula is C35H40N4O5. The van der Waals surface area contributed by atoms with E-state index in [0.717, 1.165) is 57.5 Å². The Morgan fingerprint density at radius 2 is 1.59 bits per heavy atom. The molecule has 0 fully saturated rings. The number of hydrogen-bond donors (Lipinski definition) is 3. The Bertz CT molecular complexity index is 1510. The molecule has 1 unspecified atom stereocenters. The summed E-state index contributed by atoms with van der Waals surface area (Å²) in [5, 5.41) is 27.0. The number of fused-ring (bicyclic) bond motifs is 3. The molecule has 4 aromatic rings. The van der Waals surface area contributed by atoms with Crippen LogP contribution in [0.25, 0.3) is 22.5 Å². The van der Waals surface area contributed by atoms with Crippen LogP contribution in [-0.4, -0.2) is 56.4 Å². The van der Waals surface area contributed by atoms with E-state index in [4.69, 9.17) is 4.52 Å². The third kappa shape index (κ3) is 7.17. The summed E-state index contributed by atoms with van der Waals surface area (Å²) in [4.78, 5) is 31.6. The summed E-state index contributed by atoms with van der Waals surface area (Å²) in [6, 6.07) is 22.4. The second kappa shape index (κ2) is 14.8. The molecule has 0 bridgehead atoms. The second-order valence-electron chi connectivity index (χ2n) is 11.3. The Morgan fingerprint density at radius 3 is 2.23 bits per heavy atom. The van der Waals surface area contributed by atoms with Gasteiger partial charge >= 0.3 is 6.09 Å². The van der Waals surface area contributed by atoms with Gasteiger partial charge in [-0.25, -0.2) is 4.79 Å².